The molecule has 1 N–H and O–H groups in total. The van der Waals surface area contributed by atoms with Gasteiger partial charge in [-0.05, 0) is 32.0 Å². The molecule has 104 valence electrons. The highest BCUT2D eigenvalue weighted by Gasteiger charge is 2.18. The molecule has 2 aromatic rings. The Morgan fingerprint density at radius 3 is 2.65 bits per heavy atom. The second kappa shape index (κ2) is 6.10. The van der Waals surface area contributed by atoms with Gasteiger partial charge >= 0.3 is 5.97 Å². The first-order chi connectivity index (χ1) is 9.61. The average Bonchev–Trinajstić information content (AvgIpc) is 2.46. The third kappa shape index (κ3) is 3.09. The zero-order chi connectivity index (χ0) is 14.5. The van der Waals surface area contributed by atoms with E-state index in [2.05, 4.69) is 15.3 Å². The molecule has 0 aliphatic rings. The Hall–Kier alpha value is -2.50. The molecule has 2 rings (SSSR count). The van der Waals surface area contributed by atoms with E-state index in [0.29, 0.717) is 23.1 Å². The molecule has 6 nitrogen and oxygen atoms in total. The Labute approximate surface area is 116 Å². The van der Waals surface area contributed by atoms with Crippen molar-refractivity contribution in [2.45, 2.75) is 20.0 Å². The highest BCUT2D eigenvalue weighted by atomic mass is 16.5. The quantitative estimate of drug-likeness (QED) is 0.849. The number of fused-ring (bicyclic) bond motifs is 1. The van der Waals surface area contributed by atoms with Crippen LogP contribution in [0.5, 0.6) is 0 Å². The Balaban J connectivity index is 2.13. The molecule has 0 fully saturated rings. The first kappa shape index (κ1) is 13.9. The summed E-state index contributed by atoms with van der Waals surface area (Å²) in [4.78, 5) is 31.7. The molecule has 0 unspecified atom stereocenters. The maximum Gasteiger partial charge on any atom is 0.338 e. The van der Waals surface area contributed by atoms with Crippen molar-refractivity contribution in [1.82, 2.24) is 15.3 Å². The van der Waals surface area contributed by atoms with Crippen LogP contribution in [0.2, 0.25) is 0 Å². The van der Waals surface area contributed by atoms with Gasteiger partial charge in [0, 0.05) is 18.9 Å². The van der Waals surface area contributed by atoms with Gasteiger partial charge in [-0.1, -0.05) is 0 Å². The van der Waals surface area contributed by atoms with Gasteiger partial charge in [-0.3, -0.25) is 14.8 Å². The fraction of sp³-hybridized carbons (Fsp3) is 0.286. The molecule has 1 amide bonds. The minimum absolute atomic E-state index is 0.318. The summed E-state index contributed by atoms with van der Waals surface area (Å²) in [5.41, 5.74) is 1.64. The minimum Gasteiger partial charge on any atom is -0.449 e. The Morgan fingerprint density at radius 1 is 1.25 bits per heavy atom. The van der Waals surface area contributed by atoms with Crippen LogP contribution in [0, 0.1) is 0 Å². The first-order valence-corrected chi connectivity index (χ1v) is 6.31. The topological polar surface area (TPSA) is 81.2 Å². The summed E-state index contributed by atoms with van der Waals surface area (Å²) in [5, 5.41) is 2.59. The van der Waals surface area contributed by atoms with Crippen molar-refractivity contribution in [2.75, 3.05) is 6.54 Å². The zero-order valence-corrected chi connectivity index (χ0v) is 11.3. The van der Waals surface area contributed by atoms with E-state index >= 15 is 0 Å². The normalized spacial score (nSPS) is 11.9. The van der Waals surface area contributed by atoms with Crippen molar-refractivity contribution < 1.29 is 14.3 Å². The molecule has 0 bridgehead atoms. The molecule has 1 aromatic heterocycles. The number of hydrogen-bond donors (Lipinski definition) is 1. The monoisotopic (exact) mass is 273 g/mol. The summed E-state index contributed by atoms with van der Waals surface area (Å²) in [6, 6.07) is 4.88. The molecule has 0 aliphatic carbocycles. The summed E-state index contributed by atoms with van der Waals surface area (Å²) < 4.78 is 5.10. The van der Waals surface area contributed by atoms with Crippen molar-refractivity contribution in [1.29, 1.82) is 0 Å². The second-order valence-electron chi connectivity index (χ2n) is 4.20. The van der Waals surface area contributed by atoms with E-state index in [9.17, 15) is 9.59 Å². The highest BCUT2D eigenvalue weighted by Crippen LogP contribution is 2.12. The number of esters is 1. The van der Waals surface area contributed by atoms with Crippen LogP contribution < -0.4 is 5.32 Å². The number of rotatable bonds is 4. The van der Waals surface area contributed by atoms with Crippen LogP contribution in [0.25, 0.3) is 11.0 Å². The van der Waals surface area contributed by atoms with Gasteiger partial charge in [0.15, 0.2) is 6.10 Å². The third-order valence-corrected chi connectivity index (χ3v) is 2.71. The van der Waals surface area contributed by atoms with Gasteiger partial charge in [-0.2, -0.15) is 0 Å². The van der Waals surface area contributed by atoms with Crippen LogP contribution in [0.1, 0.15) is 24.2 Å². The SMILES string of the molecule is CCNC(=O)[C@@H](C)OC(=O)c1ccc2nccnc2c1. The predicted octanol–water partition coefficient (Wildman–Crippen LogP) is 1.31. The molecule has 1 heterocycles. The number of nitrogens with one attached hydrogen (secondary N) is 1. The van der Waals surface area contributed by atoms with Crippen molar-refractivity contribution >= 4 is 22.9 Å². The number of carbonyl (C=O) groups excluding carboxylic acids is 2. The van der Waals surface area contributed by atoms with Gasteiger partial charge in [-0.25, -0.2) is 4.79 Å². The van der Waals surface area contributed by atoms with E-state index in [1.165, 1.54) is 6.92 Å². The summed E-state index contributed by atoms with van der Waals surface area (Å²) in [7, 11) is 0. The number of aromatic nitrogens is 2. The van der Waals surface area contributed by atoms with Gasteiger partial charge in [0.2, 0.25) is 0 Å². The lowest BCUT2D eigenvalue weighted by Gasteiger charge is -2.12. The molecule has 0 saturated carbocycles. The summed E-state index contributed by atoms with van der Waals surface area (Å²) >= 11 is 0. The third-order valence-electron chi connectivity index (χ3n) is 2.71. The predicted molar refractivity (Wildman–Crippen MR) is 73.1 cm³/mol. The Morgan fingerprint density at radius 2 is 1.95 bits per heavy atom. The Kier molecular flexibility index (Phi) is 4.24. The summed E-state index contributed by atoms with van der Waals surface area (Å²) in [6.07, 6.45) is 2.30. The lowest BCUT2D eigenvalue weighted by molar-refractivity contribution is -0.128. The van der Waals surface area contributed by atoms with Gasteiger partial charge in [0.05, 0.1) is 16.6 Å². The standard InChI is InChI=1S/C14H15N3O3/c1-3-15-13(18)9(2)20-14(19)10-4-5-11-12(8-10)17-7-6-16-11/h4-9H,3H2,1-2H3,(H,15,18)/t9-/m1/s1. The molecule has 0 aliphatic heterocycles. The zero-order valence-electron chi connectivity index (χ0n) is 11.3. The largest absolute Gasteiger partial charge is 0.449 e. The molecule has 0 radical (unpaired) electrons. The van der Waals surface area contributed by atoms with Gasteiger partial charge in [-0.15, -0.1) is 0 Å². The molecule has 1 aromatic carbocycles. The van der Waals surface area contributed by atoms with E-state index in [4.69, 9.17) is 4.74 Å². The number of carbonyl (C=O) groups is 2. The molecule has 1 atom stereocenters. The van der Waals surface area contributed by atoms with E-state index < -0.39 is 12.1 Å². The number of amides is 1. The van der Waals surface area contributed by atoms with E-state index in [0.717, 1.165) is 0 Å². The average molecular weight is 273 g/mol. The molecule has 0 saturated heterocycles. The maximum atomic E-state index is 12.0. The van der Waals surface area contributed by atoms with E-state index in [-0.39, 0.29) is 5.91 Å². The Bertz CT molecular complexity index is 642. The number of benzene rings is 1. The van der Waals surface area contributed by atoms with Gasteiger partial charge < -0.3 is 10.1 Å². The molecule has 6 heteroatoms. The van der Waals surface area contributed by atoms with Crippen LogP contribution in [0.3, 0.4) is 0 Å². The van der Waals surface area contributed by atoms with Crippen LogP contribution in [-0.2, 0) is 9.53 Å². The van der Waals surface area contributed by atoms with Crippen molar-refractivity contribution in [3.63, 3.8) is 0 Å². The minimum atomic E-state index is -0.833. The number of ether oxygens (including phenoxy) is 1. The van der Waals surface area contributed by atoms with Crippen molar-refractivity contribution in [3.8, 4) is 0 Å². The summed E-state index contributed by atoms with van der Waals surface area (Å²) in [6.45, 7) is 3.82. The van der Waals surface area contributed by atoms with Gasteiger partial charge in [0.25, 0.3) is 5.91 Å². The molecule has 0 spiro atoms. The lowest BCUT2D eigenvalue weighted by atomic mass is 10.2. The number of nitrogens with zero attached hydrogens (tertiary/aromatic N) is 2. The van der Waals surface area contributed by atoms with Crippen LogP contribution >= 0.6 is 0 Å². The fourth-order valence-electron chi connectivity index (χ4n) is 1.69. The van der Waals surface area contributed by atoms with Crippen LogP contribution in [0.4, 0.5) is 0 Å². The van der Waals surface area contributed by atoms with E-state index in [1.807, 2.05) is 0 Å². The number of likely N-dealkylation sites (N-methyl/N-ethyl adjacent to an activating group) is 1. The lowest BCUT2D eigenvalue weighted by Crippen LogP contribution is -2.35. The van der Waals surface area contributed by atoms with E-state index in [1.54, 1.807) is 37.5 Å². The molecular formula is C14H15N3O3. The smallest absolute Gasteiger partial charge is 0.338 e. The van der Waals surface area contributed by atoms with Crippen molar-refractivity contribution in [2.24, 2.45) is 0 Å². The molecular weight excluding hydrogens is 258 g/mol. The van der Waals surface area contributed by atoms with Crippen LogP contribution in [0.15, 0.2) is 30.6 Å². The van der Waals surface area contributed by atoms with Crippen LogP contribution in [-0.4, -0.2) is 34.5 Å². The van der Waals surface area contributed by atoms with Crippen molar-refractivity contribution in [3.05, 3.63) is 36.2 Å². The number of hydrogen-bond acceptors (Lipinski definition) is 5. The fourth-order valence-corrected chi connectivity index (χ4v) is 1.69. The maximum absolute atomic E-state index is 12.0. The first-order valence-electron chi connectivity index (χ1n) is 6.31. The summed E-state index contributed by atoms with van der Waals surface area (Å²) in [5.74, 6) is -0.877. The van der Waals surface area contributed by atoms with Gasteiger partial charge in [0.1, 0.15) is 0 Å². The second-order valence-corrected chi connectivity index (χ2v) is 4.20. The highest BCUT2D eigenvalue weighted by molar-refractivity contribution is 5.95. The molecule has 20 heavy (non-hydrogen) atoms.